The maximum Gasteiger partial charge on any atom is 0.303 e. The van der Waals surface area contributed by atoms with Crippen molar-refractivity contribution in [3.63, 3.8) is 0 Å². The smallest absolute Gasteiger partial charge is 0.303 e. The molecular formula is C16H28N2O3. The summed E-state index contributed by atoms with van der Waals surface area (Å²) in [6.07, 6.45) is 7.89. The van der Waals surface area contributed by atoms with E-state index in [0.717, 1.165) is 58.3 Å². The maximum absolute atomic E-state index is 12.3. The van der Waals surface area contributed by atoms with Gasteiger partial charge in [0, 0.05) is 19.5 Å². The molecule has 0 aliphatic carbocycles. The molecule has 2 rings (SSSR count). The Morgan fingerprint density at radius 2 is 1.57 bits per heavy atom. The Kier molecular flexibility index (Phi) is 6.49. The highest BCUT2D eigenvalue weighted by Gasteiger charge is 2.23. The minimum absolute atomic E-state index is 0.275. The number of hydrogen-bond donors (Lipinski definition) is 1. The molecule has 2 aliphatic rings. The highest BCUT2D eigenvalue weighted by Crippen LogP contribution is 2.22. The predicted molar refractivity (Wildman–Crippen MR) is 81.1 cm³/mol. The Labute approximate surface area is 127 Å². The summed E-state index contributed by atoms with van der Waals surface area (Å²) < 4.78 is 0. The summed E-state index contributed by atoms with van der Waals surface area (Å²) in [5, 5.41) is 8.72. The minimum Gasteiger partial charge on any atom is -0.481 e. The maximum atomic E-state index is 12.3. The first-order valence-electron chi connectivity index (χ1n) is 8.37. The van der Waals surface area contributed by atoms with Gasteiger partial charge in [-0.05, 0) is 51.1 Å². The van der Waals surface area contributed by atoms with Gasteiger partial charge in [-0.15, -0.1) is 0 Å². The number of piperidine rings is 1. The lowest BCUT2D eigenvalue weighted by molar-refractivity contribution is -0.137. The van der Waals surface area contributed by atoms with Gasteiger partial charge in [0.25, 0.3) is 0 Å². The van der Waals surface area contributed by atoms with Crippen LogP contribution in [0.3, 0.4) is 0 Å². The van der Waals surface area contributed by atoms with Crippen molar-refractivity contribution in [2.45, 2.75) is 51.4 Å². The van der Waals surface area contributed by atoms with Gasteiger partial charge in [-0.3, -0.25) is 14.5 Å². The van der Waals surface area contributed by atoms with E-state index >= 15 is 0 Å². The van der Waals surface area contributed by atoms with Gasteiger partial charge >= 0.3 is 5.97 Å². The van der Waals surface area contributed by atoms with Crippen LogP contribution in [-0.4, -0.2) is 59.5 Å². The average molecular weight is 296 g/mol. The zero-order valence-electron chi connectivity index (χ0n) is 12.9. The molecule has 21 heavy (non-hydrogen) atoms. The van der Waals surface area contributed by atoms with Gasteiger partial charge in [-0.25, -0.2) is 0 Å². The number of rotatable bonds is 5. The van der Waals surface area contributed by atoms with Crippen LogP contribution in [0.2, 0.25) is 0 Å². The van der Waals surface area contributed by atoms with Crippen molar-refractivity contribution in [2.75, 3.05) is 32.7 Å². The standard InChI is InChI=1S/C16H28N2O3/c19-15(18-9-3-1-2-4-10-18)13-17-11-7-14(8-12-17)5-6-16(20)21/h14H,1-13H2,(H,20,21). The molecule has 0 spiro atoms. The zero-order valence-corrected chi connectivity index (χ0v) is 12.9. The summed E-state index contributed by atoms with van der Waals surface area (Å²) in [6, 6.07) is 0. The minimum atomic E-state index is -0.700. The van der Waals surface area contributed by atoms with Gasteiger partial charge in [-0.2, -0.15) is 0 Å². The zero-order chi connectivity index (χ0) is 15.1. The van der Waals surface area contributed by atoms with Crippen LogP contribution in [0.15, 0.2) is 0 Å². The Morgan fingerprint density at radius 3 is 2.14 bits per heavy atom. The van der Waals surface area contributed by atoms with Crippen LogP contribution >= 0.6 is 0 Å². The topological polar surface area (TPSA) is 60.9 Å². The highest BCUT2D eigenvalue weighted by atomic mass is 16.4. The molecular weight excluding hydrogens is 268 g/mol. The van der Waals surface area contributed by atoms with Gasteiger partial charge in [0.2, 0.25) is 5.91 Å². The van der Waals surface area contributed by atoms with Crippen LogP contribution in [0.1, 0.15) is 51.4 Å². The molecule has 0 aromatic heterocycles. The van der Waals surface area contributed by atoms with Crippen LogP contribution in [0, 0.1) is 5.92 Å². The van der Waals surface area contributed by atoms with Crippen LogP contribution < -0.4 is 0 Å². The van der Waals surface area contributed by atoms with E-state index in [4.69, 9.17) is 5.11 Å². The summed E-state index contributed by atoms with van der Waals surface area (Å²) in [5.41, 5.74) is 0. The number of aliphatic carboxylic acids is 1. The van der Waals surface area contributed by atoms with Gasteiger partial charge in [-0.1, -0.05) is 12.8 Å². The van der Waals surface area contributed by atoms with Gasteiger partial charge < -0.3 is 10.0 Å². The van der Waals surface area contributed by atoms with Crippen LogP contribution in [-0.2, 0) is 9.59 Å². The molecule has 1 N–H and O–H groups in total. The number of amides is 1. The largest absolute Gasteiger partial charge is 0.481 e. The first kappa shape index (κ1) is 16.3. The number of likely N-dealkylation sites (tertiary alicyclic amines) is 2. The van der Waals surface area contributed by atoms with Crippen molar-refractivity contribution in [2.24, 2.45) is 5.92 Å². The summed E-state index contributed by atoms with van der Waals surface area (Å²) in [5.74, 6) is 0.0975. The Balaban J connectivity index is 1.67. The van der Waals surface area contributed by atoms with E-state index < -0.39 is 5.97 Å². The lowest BCUT2D eigenvalue weighted by Crippen LogP contribution is -2.43. The van der Waals surface area contributed by atoms with E-state index in [-0.39, 0.29) is 12.3 Å². The van der Waals surface area contributed by atoms with Crippen molar-refractivity contribution in [1.29, 1.82) is 0 Å². The third-order valence-electron chi connectivity index (χ3n) is 4.79. The van der Waals surface area contributed by atoms with Crippen LogP contribution in [0.4, 0.5) is 0 Å². The monoisotopic (exact) mass is 296 g/mol. The van der Waals surface area contributed by atoms with Crippen molar-refractivity contribution >= 4 is 11.9 Å². The van der Waals surface area contributed by atoms with E-state index in [1.807, 2.05) is 4.90 Å². The number of hydrogen-bond acceptors (Lipinski definition) is 3. The van der Waals surface area contributed by atoms with E-state index in [1.165, 1.54) is 12.8 Å². The molecule has 0 atom stereocenters. The van der Waals surface area contributed by atoms with Gasteiger partial charge in [0.15, 0.2) is 0 Å². The van der Waals surface area contributed by atoms with Crippen LogP contribution in [0.25, 0.3) is 0 Å². The van der Waals surface area contributed by atoms with E-state index in [9.17, 15) is 9.59 Å². The average Bonchev–Trinajstić information content (AvgIpc) is 2.75. The summed E-state index contributed by atoms with van der Waals surface area (Å²) in [4.78, 5) is 27.2. The molecule has 0 saturated carbocycles. The highest BCUT2D eigenvalue weighted by molar-refractivity contribution is 5.78. The summed E-state index contributed by atoms with van der Waals surface area (Å²) in [6.45, 7) is 4.27. The normalized spacial score (nSPS) is 22.0. The van der Waals surface area contributed by atoms with E-state index in [1.54, 1.807) is 0 Å². The fourth-order valence-electron chi connectivity index (χ4n) is 3.37. The molecule has 2 saturated heterocycles. The Hall–Kier alpha value is -1.10. The lowest BCUT2D eigenvalue weighted by Gasteiger charge is -2.32. The second-order valence-corrected chi connectivity index (χ2v) is 6.45. The molecule has 0 aromatic carbocycles. The SMILES string of the molecule is O=C(O)CCC1CCN(CC(=O)N2CCCCCC2)CC1. The van der Waals surface area contributed by atoms with Crippen LogP contribution in [0.5, 0.6) is 0 Å². The van der Waals surface area contributed by atoms with Crippen molar-refractivity contribution in [1.82, 2.24) is 9.80 Å². The molecule has 0 aromatic rings. The van der Waals surface area contributed by atoms with Crippen molar-refractivity contribution in [3.05, 3.63) is 0 Å². The fraction of sp³-hybridized carbons (Fsp3) is 0.875. The van der Waals surface area contributed by atoms with Gasteiger partial charge in [0.05, 0.1) is 6.54 Å². The Bertz CT molecular complexity index is 343. The molecule has 2 aliphatic heterocycles. The third-order valence-corrected chi connectivity index (χ3v) is 4.79. The number of nitrogens with zero attached hydrogens (tertiary/aromatic N) is 2. The summed E-state index contributed by atoms with van der Waals surface area (Å²) in [7, 11) is 0. The number of carbonyl (C=O) groups excluding carboxylic acids is 1. The number of carbonyl (C=O) groups is 2. The van der Waals surface area contributed by atoms with E-state index in [0.29, 0.717) is 12.5 Å². The second kappa shape index (κ2) is 8.37. The molecule has 0 radical (unpaired) electrons. The second-order valence-electron chi connectivity index (χ2n) is 6.45. The quantitative estimate of drug-likeness (QED) is 0.842. The first-order valence-corrected chi connectivity index (χ1v) is 8.37. The molecule has 0 bridgehead atoms. The third kappa shape index (κ3) is 5.65. The molecule has 0 unspecified atom stereocenters. The molecule has 5 heteroatoms. The molecule has 5 nitrogen and oxygen atoms in total. The van der Waals surface area contributed by atoms with Gasteiger partial charge in [0.1, 0.15) is 0 Å². The van der Waals surface area contributed by atoms with E-state index in [2.05, 4.69) is 4.90 Å². The van der Waals surface area contributed by atoms with Crippen molar-refractivity contribution < 1.29 is 14.7 Å². The number of carboxylic acids is 1. The molecule has 2 fully saturated rings. The number of carboxylic acid groups (broad SMARTS) is 1. The summed E-state index contributed by atoms with van der Waals surface area (Å²) >= 11 is 0. The van der Waals surface area contributed by atoms with Crippen molar-refractivity contribution in [3.8, 4) is 0 Å². The molecule has 1 amide bonds. The fourth-order valence-corrected chi connectivity index (χ4v) is 3.37. The Morgan fingerprint density at radius 1 is 0.952 bits per heavy atom. The predicted octanol–water partition coefficient (Wildman–Crippen LogP) is 1.97. The molecule has 120 valence electrons. The lowest BCUT2D eigenvalue weighted by atomic mass is 9.92. The molecule has 2 heterocycles. The first-order chi connectivity index (χ1) is 10.1.